The van der Waals surface area contributed by atoms with Crippen molar-refractivity contribution in [1.29, 1.82) is 0 Å². The molecule has 0 aliphatic carbocycles. The number of pyridine rings is 1. The lowest BCUT2D eigenvalue weighted by molar-refractivity contribution is -0.137. The number of methoxy groups -OCH3 is 2. The van der Waals surface area contributed by atoms with Crippen molar-refractivity contribution in [1.82, 2.24) is 24.8 Å². The predicted octanol–water partition coefficient (Wildman–Crippen LogP) is 11.0. The number of aryl methyl sites for hydroxylation is 1. The molecule has 5 saturated heterocycles. The molecule has 2 bridgehead atoms. The number of amides is 1. The van der Waals surface area contributed by atoms with E-state index < -0.39 is 69.4 Å². The van der Waals surface area contributed by atoms with Crippen LogP contribution in [0.5, 0.6) is 23.3 Å². The van der Waals surface area contributed by atoms with Gasteiger partial charge in [-0.05, 0) is 114 Å². The topological polar surface area (TPSA) is 115 Å². The number of benzene rings is 3. The van der Waals surface area contributed by atoms with Gasteiger partial charge in [0.1, 0.15) is 53.1 Å². The van der Waals surface area contributed by atoms with Gasteiger partial charge in [0.2, 0.25) is 0 Å². The fraction of sp³-hybridized carbons (Fsp3) is 0.509. The van der Waals surface area contributed by atoms with Crippen LogP contribution in [0.25, 0.3) is 22.2 Å². The second kappa shape index (κ2) is 18.9. The molecular formula is C53H59ClF5N7O6. The zero-order chi connectivity index (χ0) is 51.0. The summed E-state index contributed by atoms with van der Waals surface area (Å²) in [6.07, 6.45) is -4.17. The number of fused-ring (bicyclic) bond motifs is 3. The Balaban J connectivity index is 1.16. The van der Waals surface area contributed by atoms with E-state index >= 15 is 22.0 Å². The standard InChI is InChI=1S/C53H59ClF5N7O6/c1-29-21-38(63(23-31-9-15-36(68-6)16-10-31)24-32-11-17-37(69-7)18-12-32)60-44(41(29)53(57,58)59)39-42(54)47-40-45(43(39)56)61-49(70-28-52-19-8-20-64(52)26-34(55)22-52)62-48(40)66-27-35-14-13-33(46(66)30(2)71-47)25-65(35)50(67)72-51(3,4)5/h9-12,15-18,21,30,33-35,46H,8,13-14,19-20,22-28H2,1-7H3/t30-,33+,34+,35+,46+,52-/m0/s1. The Hall–Kier alpha value is -5.88. The van der Waals surface area contributed by atoms with Gasteiger partial charge >= 0.3 is 18.3 Å². The van der Waals surface area contributed by atoms with E-state index in [4.69, 9.17) is 45.3 Å². The molecule has 11 rings (SSSR count). The van der Waals surface area contributed by atoms with Gasteiger partial charge in [-0.2, -0.15) is 23.1 Å². The third-order valence-electron chi connectivity index (χ3n) is 15.0. The summed E-state index contributed by atoms with van der Waals surface area (Å²) in [7, 11) is 3.11. The lowest BCUT2D eigenvalue weighted by Gasteiger charge is -2.38. The van der Waals surface area contributed by atoms with Gasteiger partial charge < -0.3 is 38.4 Å². The molecule has 13 nitrogen and oxygen atoms in total. The molecule has 6 aliphatic rings. The molecule has 0 spiro atoms. The van der Waals surface area contributed by atoms with Crippen LogP contribution in [0.15, 0.2) is 54.6 Å². The summed E-state index contributed by atoms with van der Waals surface area (Å²) >= 11 is 7.36. The quantitative estimate of drug-likeness (QED) is 0.117. The molecule has 6 atom stereocenters. The first-order valence-corrected chi connectivity index (χ1v) is 24.9. The van der Waals surface area contributed by atoms with Crippen LogP contribution in [0.3, 0.4) is 0 Å². The molecule has 384 valence electrons. The van der Waals surface area contributed by atoms with Crippen molar-refractivity contribution in [2.45, 2.75) is 121 Å². The van der Waals surface area contributed by atoms with Crippen LogP contribution >= 0.6 is 11.6 Å². The zero-order valence-electron chi connectivity index (χ0n) is 41.4. The van der Waals surface area contributed by atoms with Gasteiger partial charge in [0, 0.05) is 45.1 Å². The van der Waals surface area contributed by atoms with Gasteiger partial charge in [-0.25, -0.2) is 18.6 Å². The average molecular weight is 1020 g/mol. The van der Waals surface area contributed by atoms with Crippen LogP contribution in [-0.2, 0) is 24.0 Å². The number of piperidine rings is 1. The second-order valence-electron chi connectivity index (χ2n) is 20.9. The van der Waals surface area contributed by atoms with E-state index in [2.05, 4.69) is 9.88 Å². The Labute approximate surface area is 420 Å². The Morgan fingerprint density at radius 3 is 2.24 bits per heavy atom. The summed E-state index contributed by atoms with van der Waals surface area (Å²) in [4.78, 5) is 35.8. The molecule has 0 radical (unpaired) electrons. The van der Waals surface area contributed by atoms with E-state index in [0.29, 0.717) is 43.9 Å². The Bertz CT molecular complexity index is 2820. The average Bonchev–Trinajstić information content (AvgIpc) is 3.67. The van der Waals surface area contributed by atoms with Gasteiger partial charge in [0.15, 0.2) is 11.6 Å². The number of rotatable bonds is 11. The van der Waals surface area contributed by atoms with Gasteiger partial charge in [0.25, 0.3) is 0 Å². The molecule has 6 aliphatic heterocycles. The smallest absolute Gasteiger partial charge is 0.418 e. The number of hydrogen-bond donors (Lipinski definition) is 0. The van der Waals surface area contributed by atoms with Crippen LogP contribution in [0.1, 0.15) is 82.1 Å². The van der Waals surface area contributed by atoms with Crippen LogP contribution < -0.4 is 28.7 Å². The first kappa shape index (κ1) is 49.7. The Kier molecular flexibility index (Phi) is 13.0. The molecule has 5 fully saturated rings. The predicted molar refractivity (Wildman–Crippen MR) is 263 cm³/mol. The minimum absolute atomic E-state index is 0.000532. The molecule has 5 aromatic rings. The van der Waals surface area contributed by atoms with Gasteiger partial charge in [-0.1, -0.05) is 35.9 Å². The van der Waals surface area contributed by atoms with Gasteiger partial charge in [-0.15, -0.1) is 0 Å². The van der Waals surface area contributed by atoms with Crippen molar-refractivity contribution in [2.24, 2.45) is 5.92 Å². The molecule has 0 N–H and O–H groups in total. The van der Waals surface area contributed by atoms with Crippen molar-refractivity contribution in [2.75, 3.05) is 56.8 Å². The number of aromatic nitrogens is 3. The molecule has 1 amide bonds. The monoisotopic (exact) mass is 1020 g/mol. The number of alkyl halides is 4. The van der Waals surface area contributed by atoms with E-state index in [-0.39, 0.29) is 91.0 Å². The largest absolute Gasteiger partial charge is 0.497 e. The van der Waals surface area contributed by atoms with Gasteiger partial charge in [-0.3, -0.25) is 4.90 Å². The lowest BCUT2D eigenvalue weighted by Crippen LogP contribution is -2.50. The highest BCUT2D eigenvalue weighted by molar-refractivity contribution is 6.36. The van der Waals surface area contributed by atoms with E-state index in [1.165, 1.54) is 13.0 Å². The van der Waals surface area contributed by atoms with Crippen molar-refractivity contribution >= 4 is 40.2 Å². The fourth-order valence-electron chi connectivity index (χ4n) is 11.7. The van der Waals surface area contributed by atoms with E-state index in [1.54, 1.807) is 48.3 Å². The van der Waals surface area contributed by atoms with E-state index in [9.17, 15) is 4.79 Å². The van der Waals surface area contributed by atoms with Crippen molar-refractivity contribution in [3.05, 3.63) is 87.7 Å². The first-order valence-electron chi connectivity index (χ1n) is 24.5. The molecular weight excluding hydrogens is 961 g/mol. The highest BCUT2D eigenvalue weighted by Gasteiger charge is 2.52. The molecule has 19 heteroatoms. The van der Waals surface area contributed by atoms with Crippen LogP contribution in [0, 0.1) is 18.7 Å². The first-order chi connectivity index (χ1) is 34.2. The number of halogens is 6. The molecule has 0 unspecified atom stereocenters. The van der Waals surface area contributed by atoms with Gasteiger partial charge in [0.05, 0.1) is 59.1 Å². The van der Waals surface area contributed by atoms with Crippen LogP contribution in [0.4, 0.5) is 38.4 Å². The maximum Gasteiger partial charge on any atom is 0.418 e. The second-order valence-corrected chi connectivity index (χ2v) is 21.3. The fourth-order valence-corrected chi connectivity index (χ4v) is 12.1. The molecule has 2 aromatic heterocycles. The molecule has 8 heterocycles. The van der Waals surface area contributed by atoms with Crippen molar-refractivity contribution in [3.8, 4) is 34.5 Å². The van der Waals surface area contributed by atoms with E-state index in [0.717, 1.165) is 17.5 Å². The number of anilines is 2. The minimum atomic E-state index is -5.03. The molecule has 72 heavy (non-hydrogen) atoms. The maximum atomic E-state index is 18.3. The highest BCUT2D eigenvalue weighted by atomic mass is 35.5. The van der Waals surface area contributed by atoms with Crippen LogP contribution in [-0.4, -0.2) is 113 Å². The summed E-state index contributed by atoms with van der Waals surface area (Å²) < 4.78 is 110. The molecule has 3 aromatic carbocycles. The third-order valence-corrected chi connectivity index (χ3v) is 15.3. The summed E-state index contributed by atoms with van der Waals surface area (Å²) in [5.41, 5.74) is -2.98. The highest BCUT2D eigenvalue weighted by Crippen LogP contribution is 2.53. The Morgan fingerprint density at radius 2 is 1.61 bits per heavy atom. The Morgan fingerprint density at radius 1 is 0.944 bits per heavy atom. The summed E-state index contributed by atoms with van der Waals surface area (Å²) in [5.74, 6) is 0.0673. The number of hydrogen-bond acceptors (Lipinski definition) is 12. The lowest BCUT2D eigenvalue weighted by atomic mass is 9.87. The number of ether oxygens (including phenoxy) is 5. The normalized spacial score (nSPS) is 23.8. The molecule has 0 saturated carbocycles. The number of carbonyl (C=O) groups is 1. The van der Waals surface area contributed by atoms with Crippen molar-refractivity contribution in [3.63, 3.8) is 0 Å². The van der Waals surface area contributed by atoms with E-state index in [1.807, 2.05) is 56.9 Å². The SMILES string of the molecule is COc1ccc(CN(Cc2ccc(OC)cc2)c2cc(C)c(C(F)(F)F)c(-c3c(Cl)c4c5c(nc(OC[C@@]67CCCN6C[C@H](F)C7)nc5c3F)N3C[C@H]5CC[C@H](CN5C(=O)OC(C)(C)C)[C@H]3[C@H](C)O4)n2)cc1. The zero-order valence-corrected chi connectivity index (χ0v) is 42.2. The summed E-state index contributed by atoms with van der Waals surface area (Å²) in [6, 6.07) is 14.8. The summed E-state index contributed by atoms with van der Waals surface area (Å²) in [6.45, 7) is 10.5. The minimum Gasteiger partial charge on any atom is -0.497 e. The van der Waals surface area contributed by atoms with Crippen LogP contribution in [0.2, 0.25) is 5.02 Å². The third kappa shape index (κ3) is 9.26. The maximum absolute atomic E-state index is 18.3. The number of nitrogens with zero attached hydrogens (tertiary/aromatic N) is 7. The number of carbonyl (C=O) groups excluding carboxylic acids is 1. The summed E-state index contributed by atoms with van der Waals surface area (Å²) in [5, 5.41) is -0.393. The van der Waals surface area contributed by atoms with Crippen molar-refractivity contribution < 1.29 is 50.4 Å².